The molecule has 0 spiro atoms. The summed E-state index contributed by atoms with van der Waals surface area (Å²) in [5.74, 6) is 0.510. The second kappa shape index (κ2) is 8.88. The molecule has 0 aromatic heterocycles. The minimum atomic E-state index is -3.48. The number of hydrogen-bond donors (Lipinski definition) is 1. The van der Waals surface area contributed by atoms with E-state index in [9.17, 15) is 13.2 Å². The van der Waals surface area contributed by atoms with Gasteiger partial charge in [0.25, 0.3) is 5.91 Å². The summed E-state index contributed by atoms with van der Waals surface area (Å²) in [4.78, 5) is 14.7. The first-order valence-corrected chi connectivity index (χ1v) is 11.3. The van der Waals surface area contributed by atoms with Crippen LogP contribution in [0.3, 0.4) is 0 Å². The summed E-state index contributed by atoms with van der Waals surface area (Å²) in [7, 11) is -3.48. The van der Waals surface area contributed by atoms with E-state index in [1.54, 1.807) is 12.1 Å². The van der Waals surface area contributed by atoms with Crippen molar-refractivity contribution in [3.63, 3.8) is 0 Å². The number of likely N-dealkylation sites (tertiary alicyclic amines) is 1. The van der Waals surface area contributed by atoms with Crippen LogP contribution in [0.2, 0.25) is 0 Å². The number of hydrogen-bond acceptors (Lipinski definition) is 3. The van der Waals surface area contributed by atoms with Gasteiger partial charge in [-0.2, -0.15) is 0 Å². The predicted molar refractivity (Wildman–Crippen MR) is 111 cm³/mol. The number of piperidine rings is 1. The molecule has 1 amide bonds. The molecule has 1 heterocycles. The molecule has 0 bridgehead atoms. The van der Waals surface area contributed by atoms with Crippen LogP contribution in [0.5, 0.6) is 0 Å². The lowest BCUT2D eigenvalue weighted by Crippen LogP contribution is -2.39. The number of sulfonamides is 1. The van der Waals surface area contributed by atoms with Crippen molar-refractivity contribution >= 4 is 15.9 Å². The van der Waals surface area contributed by atoms with Crippen LogP contribution >= 0.6 is 0 Å². The number of nitrogens with zero attached hydrogens (tertiary/aromatic N) is 1. The minimum absolute atomic E-state index is 0.0783. The lowest BCUT2D eigenvalue weighted by Gasteiger charge is -2.32. The van der Waals surface area contributed by atoms with E-state index in [1.165, 1.54) is 0 Å². The summed E-state index contributed by atoms with van der Waals surface area (Å²) in [5.41, 5.74) is 2.61. The lowest BCUT2D eigenvalue weighted by molar-refractivity contribution is 0.0687. The van der Waals surface area contributed by atoms with E-state index in [0.29, 0.717) is 17.4 Å². The van der Waals surface area contributed by atoms with Gasteiger partial charge in [0.15, 0.2) is 0 Å². The second-order valence-electron chi connectivity index (χ2n) is 7.61. The molecule has 150 valence electrons. The predicted octanol–water partition coefficient (Wildman–Crippen LogP) is 3.52. The van der Waals surface area contributed by atoms with E-state index in [2.05, 4.69) is 4.72 Å². The summed E-state index contributed by atoms with van der Waals surface area (Å²) < 4.78 is 27.8. The number of benzene rings is 2. The van der Waals surface area contributed by atoms with Crippen LogP contribution in [0.15, 0.2) is 53.4 Å². The number of aryl methyl sites for hydroxylation is 2. The SMILES string of the molecule is Cc1cc(C)cc(S(=O)(=O)NCCC2CCN(C(=O)c3ccccc3)CC2)c1. The maximum Gasteiger partial charge on any atom is 0.253 e. The Morgan fingerprint density at radius 3 is 2.25 bits per heavy atom. The van der Waals surface area contributed by atoms with Gasteiger partial charge in [-0.05, 0) is 74.4 Å². The number of amides is 1. The van der Waals surface area contributed by atoms with Crippen LogP contribution in [-0.4, -0.2) is 38.9 Å². The molecular weight excluding hydrogens is 372 g/mol. The van der Waals surface area contributed by atoms with E-state index in [-0.39, 0.29) is 5.91 Å². The van der Waals surface area contributed by atoms with Crippen molar-refractivity contribution in [2.75, 3.05) is 19.6 Å². The third-order valence-corrected chi connectivity index (χ3v) is 6.71. The van der Waals surface area contributed by atoms with E-state index in [4.69, 9.17) is 0 Å². The Balaban J connectivity index is 1.47. The summed E-state index contributed by atoms with van der Waals surface area (Å²) in [5, 5.41) is 0. The van der Waals surface area contributed by atoms with Gasteiger partial charge in [-0.25, -0.2) is 13.1 Å². The normalized spacial score (nSPS) is 15.6. The van der Waals surface area contributed by atoms with E-state index < -0.39 is 10.0 Å². The fourth-order valence-corrected chi connectivity index (χ4v) is 4.99. The molecular formula is C22H28N2O3S. The van der Waals surface area contributed by atoms with Crippen molar-refractivity contribution in [2.45, 2.75) is 38.0 Å². The largest absolute Gasteiger partial charge is 0.339 e. The van der Waals surface area contributed by atoms with Crippen molar-refractivity contribution in [3.8, 4) is 0 Å². The highest BCUT2D eigenvalue weighted by Gasteiger charge is 2.24. The van der Waals surface area contributed by atoms with E-state index >= 15 is 0 Å². The summed E-state index contributed by atoms with van der Waals surface area (Å²) in [6, 6.07) is 14.7. The smallest absolute Gasteiger partial charge is 0.253 e. The van der Waals surface area contributed by atoms with Crippen molar-refractivity contribution < 1.29 is 13.2 Å². The molecule has 6 heteroatoms. The van der Waals surface area contributed by atoms with Crippen LogP contribution in [0.4, 0.5) is 0 Å². The average Bonchev–Trinajstić information content (AvgIpc) is 2.68. The van der Waals surface area contributed by atoms with Gasteiger partial charge < -0.3 is 4.90 Å². The summed E-state index contributed by atoms with van der Waals surface area (Å²) in [6.45, 7) is 5.67. The first kappa shape index (κ1) is 20.6. The lowest BCUT2D eigenvalue weighted by atomic mass is 9.93. The first-order valence-electron chi connectivity index (χ1n) is 9.77. The summed E-state index contributed by atoms with van der Waals surface area (Å²) >= 11 is 0. The van der Waals surface area contributed by atoms with Gasteiger partial charge >= 0.3 is 0 Å². The van der Waals surface area contributed by atoms with Gasteiger partial charge in [-0.1, -0.05) is 24.3 Å². The molecule has 1 aliphatic rings. The molecule has 0 radical (unpaired) electrons. The molecule has 1 aliphatic heterocycles. The van der Waals surface area contributed by atoms with E-state index in [1.807, 2.05) is 55.1 Å². The second-order valence-corrected chi connectivity index (χ2v) is 9.38. The van der Waals surface area contributed by atoms with Crippen molar-refractivity contribution in [1.82, 2.24) is 9.62 Å². The molecule has 3 rings (SSSR count). The maximum absolute atomic E-state index is 12.5. The van der Waals surface area contributed by atoms with Gasteiger partial charge in [0.1, 0.15) is 0 Å². The molecule has 5 nitrogen and oxygen atoms in total. The van der Waals surface area contributed by atoms with Crippen molar-refractivity contribution in [3.05, 3.63) is 65.2 Å². The molecule has 1 saturated heterocycles. The van der Waals surface area contributed by atoms with Gasteiger partial charge in [-0.3, -0.25) is 4.79 Å². The summed E-state index contributed by atoms with van der Waals surface area (Å²) in [6.07, 6.45) is 2.60. The van der Waals surface area contributed by atoms with Crippen LogP contribution in [-0.2, 0) is 10.0 Å². The molecule has 2 aromatic rings. The van der Waals surface area contributed by atoms with Crippen molar-refractivity contribution in [2.24, 2.45) is 5.92 Å². The van der Waals surface area contributed by atoms with Crippen LogP contribution in [0.1, 0.15) is 40.7 Å². The number of nitrogens with one attached hydrogen (secondary N) is 1. The highest BCUT2D eigenvalue weighted by molar-refractivity contribution is 7.89. The Morgan fingerprint density at radius 1 is 1.04 bits per heavy atom. The average molecular weight is 401 g/mol. The number of carbonyl (C=O) groups is 1. The number of carbonyl (C=O) groups excluding carboxylic acids is 1. The third-order valence-electron chi connectivity index (χ3n) is 5.27. The quantitative estimate of drug-likeness (QED) is 0.807. The highest BCUT2D eigenvalue weighted by Crippen LogP contribution is 2.22. The fourth-order valence-electron chi connectivity index (χ4n) is 3.76. The fraction of sp³-hybridized carbons (Fsp3) is 0.409. The molecule has 0 aliphatic carbocycles. The first-order chi connectivity index (χ1) is 13.3. The molecule has 1 fully saturated rings. The molecule has 1 N–H and O–H groups in total. The zero-order chi connectivity index (χ0) is 20.1. The van der Waals surface area contributed by atoms with Crippen molar-refractivity contribution in [1.29, 1.82) is 0 Å². The Morgan fingerprint density at radius 2 is 1.64 bits per heavy atom. The molecule has 2 aromatic carbocycles. The number of rotatable bonds is 6. The van der Waals surface area contributed by atoms with Gasteiger partial charge in [0.2, 0.25) is 10.0 Å². The molecule has 0 saturated carbocycles. The molecule has 0 atom stereocenters. The molecule has 0 unspecified atom stereocenters. The minimum Gasteiger partial charge on any atom is -0.339 e. The Labute approximate surface area is 167 Å². The zero-order valence-electron chi connectivity index (χ0n) is 16.5. The Bertz CT molecular complexity index is 898. The zero-order valence-corrected chi connectivity index (χ0v) is 17.3. The van der Waals surface area contributed by atoms with E-state index in [0.717, 1.165) is 49.0 Å². The monoisotopic (exact) mass is 400 g/mol. The van der Waals surface area contributed by atoms with Gasteiger partial charge in [0, 0.05) is 25.2 Å². The standard InChI is InChI=1S/C22H28N2O3S/c1-17-14-18(2)16-21(15-17)28(26,27)23-11-8-19-9-12-24(13-10-19)22(25)20-6-4-3-5-7-20/h3-7,14-16,19,23H,8-13H2,1-2H3. The topological polar surface area (TPSA) is 66.5 Å². The van der Waals surface area contributed by atoms with Gasteiger partial charge in [-0.15, -0.1) is 0 Å². The van der Waals surface area contributed by atoms with Crippen LogP contribution in [0, 0.1) is 19.8 Å². The third kappa shape index (κ3) is 5.20. The van der Waals surface area contributed by atoms with Crippen LogP contribution < -0.4 is 4.72 Å². The Hall–Kier alpha value is -2.18. The highest BCUT2D eigenvalue weighted by atomic mass is 32.2. The van der Waals surface area contributed by atoms with Crippen LogP contribution in [0.25, 0.3) is 0 Å². The maximum atomic E-state index is 12.5. The molecule has 28 heavy (non-hydrogen) atoms. The Kier molecular flexibility index (Phi) is 6.52. The van der Waals surface area contributed by atoms with Gasteiger partial charge in [0.05, 0.1) is 4.90 Å².